The van der Waals surface area contributed by atoms with Gasteiger partial charge in [-0.15, -0.1) is 0 Å². The molecule has 0 aromatic rings. The molecule has 0 aromatic carbocycles. The van der Waals surface area contributed by atoms with E-state index in [1.165, 1.54) is 0 Å². The molecule has 7 nitrogen and oxygen atoms in total. The fourth-order valence-corrected chi connectivity index (χ4v) is 2.91. The van der Waals surface area contributed by atoms with Gasteiger partial charge in [0.2, 0.25) is 0 Å². The Bertz CT molecular complexity index is 420. The van der Waals surface area contributed by atoms with Crippen molar-refractivity contribution in [1.29, 1.82) is 0 Å². The minimum absolute atomic E-state index is 0.0354. The molecule has 0 bridgehead atoms. The Balaban J connectivity index is 1.95. The number of carbonyl (C=O) groups is 2. The molecule has 5 unspecified atom stereocenters. The van der Waals surface area contributed by atoms with Crippen LogP contribution in [-0.2, 0) is 14.3 Å². The average Bonchev–Trinajstić information content (AvgIpc) is 2.75. The zero-order valence-electron chi connectivity index (χ0n) is 12.9. The lowest BCUT2D eigenvalue weighted by Crippen LogP contribution is -2.71. The van der Waals surface area contributed by atoms with E-state index in [-0.39, 0.29) is 24.1 Å². The lowest BCUT2D eigenvalue weighted by atomic mass is 9.71. The Morgan fingerprint density at radius 2 is 2.00 bits per heavy atom. The van der Waals surface area contributed by atoms with Gasteiger partial charge in [-0.05, 0) is 34.1 Å². The summed E-state index contributed by atoms with van der Waals surface area (Å²) in [6, 6.07) is -1.05. The van der Waals surface area contributed by atoms with Gasteiger partial charge in [-0.1, -0.05) is 0 Å². The van der Waals surface area contributed by atoms with Crippen LogP contribution in [0.3, 0.4) is 0 Å². The summed E-state index contributed by atoms with van der Waals surface area (Å²) >= 11 is 0. The van der Waals surface area contributed by atoms with E-state index in [0.29, 0.717) is 6.61 Å². The van der Waals surface area contributed by atoms with Gasteiger partial charge in [-0.2, -0.15) is 0 Å². The van der Waals surface area contributed by atoms with Crippen LogP contribution in [0.5, 0.6) is 0 Å². The summed E-state index contributed by atoms with van der Waals surface area (Å²) in [6.07, 6.45) is 0.351. The summed E-state index contributed by atoms with van der Waals surface area (Å²) in [6.45, 7) is 7.63. The molecule has 1 aliphatic carbocycles. The number of carboxylic acid groups (broad SMARTS) is 1. The highest BCUT2D eigenvalue weighted by atomic mass is 16.6. The normalized spacial score (nSPS) is 32.8. The van der Waals surface area contributed by atoms with Crippen molar-refractivity contribution in [3.8, 4) is 0 Å². The van der Waals surface area contributed by atoms with Gasteiger partial charge < -0.3 is 19.9 Å². The molecule has 1 amide bonds. The average molecular weight is 300 g/mol. The molecule has 1 aliphatic heterocycles. The van der Waals surface area contributed by atoms with Crippen LogP contribution in [0.2, 0.25) is 0 Å². The molecule has 1 heterocycles. The highest BCUT2D eigenvalue weighted by Gasteiger charge is 2.55. The van der Waals surface area contributed by atoms with Crippen LogP contribution in [-0.4, -0.2) is 53.6 Å². The summed E-state index contributed by atoms with van der Waals surface area (Å²) in [5.74, 6) is -0.705. The number of hydrogen-bond donors (Lipinski definition) is 3. The molecule has 0 spiro atoms. The van der Waals surface area contributed by atoms with Gasteiger partial charge in [0.05, 0.1) is 18.2 Å². The Morgan fingerprint density at radius 3 is 2.57 bits per heavy atom. The number of carboxylic acids is 1. The van der Waals surface area contributed by atoms with E-state index in [1.54, 1.807) is 27.7 Å². The van der Waals surface area contributed by atoms with E-state index in [0.717, 1.165) is 6.42 Å². The largest absolute Gasteiger partial charge is 0.480 e. The highest BCUT2D eigenvalue weighted by molar-refractivity contribution is 5.73. The number of rotatable bonds is 4. The van der Waals surface area contributed by atoms with Crippen molar-refractivity contribution in [2.75, 3.05) is 6.61 Å². The van der Waals surface area contributed by atoms with E-state index in [2.05, 4.69) is 10.6 Å². The minimum Gasteiger partial charge on any atom is -0.480 e. The molecule has 2 rings (SSSR count). The molecular formula is C14H24N2O5. The zero-order chi connectivity index (χ0) is 15.8. The van der Waals surface area contributed by atoms with Crippen LogP contribution in [0.15, 0.2) is 0 Å². The zero-order valence-corrected chi connectivity index (χ0v) is 12.9. The number of nitrogens with one attached hydrogen (secondary N) is 2. The molecule has 0 radical (unpaired) electrons. The van der Waals surface area contributed by atoms with E-state index in [4.69, 9.17) is 14.6 Å². The summed E-state index contributed by atoms with van der Waals surface area (Å²) in [4.78, 5) is 22.9. The van der Waals surface area contributed by atoms with Gasteiger partial charge >= 0.3 is 12.1 Å². The Morgan fingerprint density at radius 1 is 1.33 bits per heavy atom. The van der Waals surface area contributed by atoms with Crippen LogP contribution < -0.4 is 10.6 Å². The first-order valence-electron chi connectivity index (χ1n) is 7.29. The second-order valence-electron chi connectivity index (χ2n) is 6.71. The monoisotopic (exact) mass is 300 g/mol. The van der Waals surface area contributed by atoms with Gasteiger partial charge in [-0.25, -0.2) is 4.79 Å². The van der Waals surface area contributed by atoms with Crippen molar-refractivity contribution in [3.63, 3.8) is 0 Å². The molecule has 2 aliphatic rings. The number of fused-ring (bicyclic) bond motifs is 1. The first-order valence-corrected chi connectivity index (χ1v) is 7.29. The number of amides is 1. The SMILES string of the molecule is CC(NC1C(NC(=O)OC(C)(C)C)C2CCOC21)C(=O)O. The van der Waals surface area contributed by atoms with Crippen molar-refractivity contribution in [2.45, 2.75) is 63.9 Å². The quantitative estimate of drug-likeness (QED) is 0.708. The first-order chi connectivity index (χ1) is 9.69. The highest BCUT2D eigenvalue weighted by Crippen LogP contribution is 2.39. The van der Waals surface area contributed by atoms with Crippen LogP contribution >= 0.6 is 0 Å². The fraction of sp³-hybridized carbons (Fsp3) is 0.857. The maximum Gasteiger partial charge on any atom is 0.407 e. The van der Waals surface area contributed by atoms with Gasteiger partial charge in [-0.3, -0.25) is 10.1 Å². The van der Waals surface area contributed by atoms with Gasteiger partial charge in [0.25, 0.3) is 0 Å². The maximum absolute atomic E-state index is 11.9. The minimum atomic E-state index is -0.924. The lowest BCUT2D eigenvalue weighted by molar-refractivity contribution is -0.140. The summed E-state index contributed by atoms with van der Waals surface area (Å²) in [5.41, 5.74) is -0.559. The van der Waals surface area contributed by atoms with Crippen molar-refractivity contribution >= 4 is 12.1 Å². The predicted molar refractivity (Wildman–Crippen MR) is 75.0 cm³/mol. The second-order valence-corrected chi connectivity index (χ2v) is 6.71. The lowest BCUT2D eigenvalue weighted by Gasteiger charge is -2.48. The predicted octanol–water partition coefficient (Wildman–Crippen LogP) is 0.730. The number of alkyl carbamates (subject to hydrolysis) is 1. The molecule has 1 saturated heterocycles. The first kappa shape index (κ1) is 16.0. The van der Waals surface area contributed by atoms with Crippen molar-refractivity contribution in [1.82, 2.24) is 10.6 Å². The summed E-state index contributed by atoms with van der Waals surface area (Å²) in [5, 5.41) is 14.8. The van der Waals surface area contributed by atoms with Crippen molar-refractivity contribution < 1.29 is 24.2 Å². The molecule has 0 aromatic heterocycles. The molecule has 120 valence electrons. The number of hydrogen-bond acceptors (Lipinski definition) is 5. The van der Waals surface area contributed by atoms with E-state index in [1.807, 2.05) is 0 Å². The molecule has 7 heteroatoms. The third-order valence-electron chi connectivity index (χ3n) is 3.88. The third-order valence-corrected chi connectivity index (χ3v) is 3.88. The maximum atomic E-state index is 11.9. The van der Waals surface area contributed by atoms with Gasteiger partial charge in [0, 0.05) is 12.5 Å². The van der Waals surface area contributed by atoms with E-state index in [9.17, 15) is 9.59 Å². The van der Waals surface area contributed by atoms with Crippen molar-refractivity contribution in [2.24, 2.45) is 5.92 Å². The number of ether oxygens (including phenoxy) is 2. The molecule has 5 atom stereocenters. The smallest absolute Gasteiger partial charge is 0.407 e. The standard InChI is InChI=1S/C14H24N2O5/c1-7(12(17)18)15-10-9(8-5-6-20-11(8)10)16-13(19)21-14(2,3)4/h7-11,15H,5-6H2,1-4H3,(H,16,19)(H,17,18). The van der Waals surface area contributed by atoms with Crippen molar-refractivity contribution in [3.05, 3.63) is 0 Å². The topological polar surface area (TPSA) is 96.9 Å². The van der Waals surface area contributed by atoms with Crippen LogP contribution in [0, 0.1) is 5.92 Å². The molecule has 21 heavy (non-hydrogen) atoms. The van der Waals surface area contributed by atoms with Gasteiger partial charge in [0.15, 0.2) is 0 Å². The third kappa shape index (κ3) is 3.65. The molecule has 1 saturated carbocycles. The summed E-state index contributed by atoms with van der Waals surface area (Å²) in [7, 11) is 0. The van der Waals surface area contributed by atoms with Crippen LogP contribution in [0.1, 0.15) is 34.1 Å². The fourth-order valence-electron chi connectivity index (χ4n) is 2.91. The van der Waals surface area contributed by atoms with Gasteiger partial charge in [0.1, 0.15) is 11.6 Å². The molecule has 3 N–H and O–H groups in total. The second kappa shape index (κ2) is 5.81. The number of aliphatic carboxylic acids is 1. The Hall–Kier alpha value is -1.34. The molecule has 2 fully saturated rings. The van der Waals surface area contributed by atoms with E-state index >= 15 is 0 Å². The Labute approximate surface area is 124 Å². The molecular weight excluding hydrogens is 276 g/mol. The van der Waals surface area contributed by atoms with E-state index < -0.39 is 23.7 Å². The number of carbonyl (C=O) groups excluding carboxylic acids is 1. The van der Waals surface area contributed by atoms with Crippen LogP contribution in [0.4, 0.5) is 4.79 Å². The Kier molecular flexibility index (Phi) is 4.43. The van der Waals surface area contributed by atoms with Crippen LogP contribution in [0.25, 0.3) is 0 Å². The summed E-state index contributed by atoms with van der Waals surface area (Å²) < 4.78 is 10.9.